The maximum Gasteiger partial charge on any atom is 0.220 e. The normalized spacial score (nSPS) is 22.5. The molecule has 1 saturated heterocycles. The maximum atomic E-state index is 12.6. The molecule has 7 unspecified atom stereocenters. The van der Waals surface area contributed by atoms with E-state index in [2.05, 4.69) is 19.2 Å². The molecule has 1 aliphatic rings. The number of amides is 1. The topological polar surface area (TPSA) is 149 Å². The lowest BCUT2D eigenvalue weighted by atomic mass is 9.99. The molecule has 0 aliphatic carbocycles. The molecule has 0 aromatic carbocycles. The van der Waals surface area contributed by atoms with Crippen LogP contribution in [0.3, 0.4) is 0 Å². The predicted octanol–water partition coefficient (Wildman–Crippen LogP) is 7.22. The van der Waals surface area contributed by atoms with E-state index in [1.807, 2.05) is 0 Å². The average molecular weight is 688 g/mol. The molecule has 9 heteroatoms. The van der Waals surface area contributed by atoms with Crippen molar-refractivity contribution < 1.29 is 39.8 Å². The van der Waals surface area contributed by atoms with Crippen LogP contribution < -0.4 is 5.32 Å². The quantitative estimate of drug-likeness (QED) is 0.0396. The van der Waals surface area contributed by atoms with E-state index in [1.165, 1.54) is 116 Å². The molecule has 48 heavy (non-hydrogen) atoms. The van der Waals surface area contributed by atoms with Crippen LogP contribution in [0.5, 0.6) is 0 Å². The van der Waals surface area contributed by atoms with Gasteiger partial charge in [0.1, 0.15) is 24.4 Å². The number of hydrogen-bond donors (Lipinski definition) is 6. The van der Waals surface area contributed by atoms with Crippen molar-refractivity contribution in [3.05, 3.63) is 0 Å². The molecule has 0 saturated carbocycles. The Morgan fingerprint density at radius 1 is 0.625 bits per heavy atom. The van der Waals surface area contributed by atoms with Crippen molar-refractivity contribution in [2.24, 2.45) is 0 Å². The van der Waals surface area contributed by atoms with Gasteiger partial charge in [0.05, 0.1) is 25.4 Å². The fraction of sp³-hybridized carbons (Fsp3) is 0.974. The number of aliphatic hydroxyl groups excluding tert-OH is 5. The molecule has 9 nitrogen and oxygen atoms in total. The molecule has 1 aliphatic heterocycles. The molecule has 7 atom stereocenters. The number of rotatable bonds is 33. The van der Waals surface area contributed by atoms with Gasteiger partial charge in [0.25, 0.3) is 0 Å². The van der Waals surface area contributed by atoms with Gasteiger partial charge in [-0.1, -0.05) is 168 Å². The highest BCUT2D eigenvalue weighted by Crippen LogP contribution is 2.23. The van der Waals surface area contributed by atoms with E-state index in [4.69, 9.17) is 9.47 Å². The van der Waals surface area contributed by atoms with Gasteiger partial charge in [-0.2, -0.15) is 0 Å². The Kier molecular flexibility index (Phi) is 29.2. The third kappa shape index (κ3) is 22.1. The van der Waals surface area contributed by atoms with Crippen molar-refractivity contribution in [2.45, 2.75) is 230 Å². The zero-order valence-corrected chi connectivity index (χ0v) is 31.0. The van der Waals surface area contributed by atoms with E-state index in [-0.39, 0.29) is 12.5 Å². The first kappa shape index (κ1) is 45.2. The molecular formula is C39H77NO8. The summed E-state index contributed by atoms with van der Waals surface area (Å²) in [4.78, 5) is 12.6. The lowest BCUT2D eigenvalue weighted by Crippen LogP contribution is -2.60. The largest absolute Gasteiger partial charge is 0.394 e. The van der Waals surface area contributed by atoms with Crippen molar-refractivity contribution in [3.8, 4) is 0 Å². The second-order valence-electron chi connectivity index (χ2n) is 14.4. The molecule has 1 amide bonds. The first-order valence-corrected chi connectivity index (χ1v) is 20.2. The number of nitrogens with one attached hydrogen (secondary N) is 1. The van der Waals surface area contributed by atoms with Crippen LogP contribution in [0.25, 0.3) is 0 Å². The fourth-order valence-electron chi connectivity index (χ4n) is 6.63. The fourth-order valence-corrected chi connectivity index (χ4v) is 6.63. The highest BCUT2D eigenvalue weighted by Gasteiger charge is 2.44. The minimum Gasteiger partial charge on any atom is -0.394 e. The first-order valence-electron chi connectivity index (χ1n) is 20.2. The van der Waals surface area contributed by atoms with Crippen LogP contribution in [0.4, 0.5) is 0 Å². The number of carbonyl (C=O) groups excluding carboxylic acids is 1. The van der Waals surface area contributed by atoms with Crippen molar-refractivity contribution in [1.29, 1.82) is 0 Å². The van der Waals surface area contributed by atoms with Gasteiger partial charge in [-0.05, 0) is 12.8 Å². The molecule has 1 fully saturated rings. The Bertz CT molecular complexity index is 726. The van der Waals surface area contributed by atoms with E-state index in [1.54, 1.807) is 0 Å². The van der Waals surface area contributed by atoms with Crippen molar-refractivity contribution >= 4 is 5.91 Å². The molecule has 1 heterocycles. The van der Waals surface area contributed by atoms with E-state index in [9.17, 15) is 30.3 Å². The summed E-state index contributed by atoms with van der Waals surface area (Å²) in [7, 11) is 0. The van der Waals surface area contributed by atoms with Crippen molar-refractivity contribution in [2.75, 3.05) is 13.2 Å². The van der Waals surface area contributed by atoms with Crippen LogP contribution in [-0.4, -0.2) is 87.5 Å². The van der Waals surface area contributed by atoms with Gasteiger partial charge in [-0.15, -0.1) is 0 Å². The zero-order valence-electron chi connectivity index (χ0n) is 31.0. The van der Waals surface area contributed by atoms with Gasteiger partial charge >= 0.3 is 0 Å². The van der Waals surface area contributed by atoms with Crippen LogP contribution in [0.1, 0.15) is 187 Å². The summed E-state index contributed by atoms with van der Waals surface area (Å²) < 4.78 is 11.1. The summed E-state index contributed by atoms with van der Waals surface area (Å²) in [6.07, 6.45) is 24.6. The number of aliphatic hydroxyl groups is 5. The number of hydrogen-bond acceptors (Lipinski definition) is 8. The second kappa shape index (κ2) is 31.0. The number of ether oxygens (including phenoxy) is 2. The SMILES string of the molecule is CCCCCCCCCCCCCCCCCCCCCCCC(O)C(COC1OC(CO)C(O)C(O)C1O)NC(=O)CCCCCC. The second-order valence-corrected chi connectivity index (χ2v) is 14.4. The van der Waals surface area contributed by atoms with Crippen LogP contribution in [0, 0.1) is 0 Å². The Morgan fingerprint density at radius 2 is 1.04 bits per heavy atom. The molecule has 6 N–H and O–H groups in total. The summed E-state index contributed by atoms with van der Waals surface area (Å²) in [5, 5.41) is 53.8. The highest BCUT2D eigenvalue weighted by atomic mass is 16.7. The van der Waals surface area contributed by atoms with Crippen LogP contribution >= 0.6 is 0 Å². The van der Waals surface area contributed by atoms with Gasteiger partial charge in [0.2, 0.25) is 5.91 Å². The molecule has 0 aromatic heterocycles. The third-order valence-electron chi connectivity index (χ3n) is 9.96. The first-order chi connectivity index (χ1) is 23.3. The number of unbranched alkanes of at least 4 members (excludes halogenated alkanes) is 23. The summed E-state index contributed by atoms with van der Waals surface area (Å²) in [6, 6.07) is -0.707. The van der Waals surface area contributed by atoms with Gasteiger partial charge in [0.15, 0.2) is 6.29 Å². The van der Waals surface area contributed by atoms with E-state index >= 15 is 0 Å². The van der Waals surface area contributed by atoms with Gasteiger partial charge < -0.3 is 40.3 Å². The van der Waals surface area contributed by atoms with E-state index < -0.39 is 49.5 Å². The Balaban J connectivity index is 2.19. The molecule has 286 valence electrons. The smallest absolute Gasteiger partial charge is 0.220 e. The van der Waals surface area contributed by atoms with Crippen LogP contribution in [0.2, 0.25) is 0 Å². The van der Waals surface area contributed by atoms with Crippen molar-refractivity contribution in [1.82, 2.24) is 5.32 Å². The predicted molar refractivity (Wildman–Crippen MR) is 194 cm³/mol. The van der Waals surface area contributed by atoms with Gasteiger partial charge in [-0.3, -0.25) is 4.79 Å². The molecule has 0 radical (unpaired) electrons. The summed E-state index contributed by atoms with van der Waals surface area (Å²) in [6.45, 7) is 3.71. The Morgan fingerprint density at radius 3 is 1.48 bits per heavy atom. The van der Waals surface area contributed by atoms with Crippen LogP contribution in [-0.2, 0) is 14.3 Å². The Labute approximate surface area is 294 Å². The molecule has 1 rings (SSSR count). The lowest BCUT2D eigenvalue weighted by Gasteiger charge is -2.40. The van der Waals surface area contributed by atoms with Crippen molar-refractivity contribution in [3.63, 3.8) is 0 Å². The lowest BCUT2D eigenvalue weighted by molar-refractivity contribution is -0.302. The van der Waals surface area contributed by atoms with Gasteiger partial charge in [0, 0.05) is 6.42 Å². The maximum absolute atomic E-state index is 12.6. The van der Waals surface area contributed by atoms with Gasteiger partial charge in [-0.25, -0.2) is 0 Å². The minimum absolute atomic E-state index is 0.135. The third-order valence-corrected chi connectivity index (χ3v) is 9.96. The van der Waals surface area contributed by atoms with E-state index in [0.717, 1.165) is 44.9 Å². The molecule has 0 aromatic rings. The standard InChI is InChI=1S/C39H77NO8/c1-3-5-7-9-10-11-12-13-14-15-16-17-18-19-20-21-22-23-24-25-26-28-33(42)32(40-35(43)29-27-8-6-4-2)31-47-39-38(46)37(45)36(44)34(30-41)48-39/h32-34,36-39,41-42,44-46H,3-31H2,1-2H3,(H,40,43). The monoisotopic (exact) mass is 688 g/mol. The molecule has 0 bridgehead atoms. The average Bonchev–Trinajstić information content (AvgIpc) is 3.08. The summed E-state index contributed by atoms with van der Waals surface area (Å²) in [5.74, 6) is -0.161. The Hall–Kier alpha value is -0.810. The minimum atomic E-state index is -1.54. The summed E-state index contributed by atoms with van der Waals surface area (Å²) >= 11 is 0. The van der Waals surface area contributed by atoms with E-state index in [0.29, 0.717) is 12.8 Å². The molecular weight excluding hydrogens is 610 g/mol. The van der Waals surface area contributed by atoms with Crippen LogP contribution in [0.15, 0.2) is 0 Å². The summed E-state index contributed by atoms with van der Waals surface area (Å²) in [5.41, 5.74) is 0. The highest BCUT2D eigenvalue weighted by molar-refractivity contribution is 5.76. The number of carbonyl (C=O) groups is 1. The molecule has 0 spiro atoms. The zero-order chi connectivity index (χ0) is 35.2.